The topological polar surface area (TPSA) is 87.6 Å². The second-order valence-corrected chi connectivity index (χ2v) is 8.46. The Kier molecular flexibility index (Phi) is 4.62. The number of hydrogen-bond acceptors (Lipinski definition) is 4. The van der Waals surface area contributed by atoms with Gasteiger partial charge in [-0.25, -0.2) is 8.42 Å². The van der Waals surface area contributed by atoms with E-state index in [0.717, 1.165) is 12.8 Å². The summed E-state index contributed by atoms with van der Waals surface area (Å²) >= 11 is 0. The van der Waals surface area contributed by atoms with Crippen molar-refractivity contribution in [3.05, 3.63) is 29.8 Å². The molecule has 2 aliphatic rings. The van der Waals surface area contributed by atoms with Crippen LogP contribution in [0, 0.1) is 11.8 Å². The summed E-state index contributed by atoms with van der Waals surface area (Å²) in [5, 5.41) is 2.96. The van der Waals surface area contributed by atoms with Crippen LogP contribution in [0.2, 0.25) is 0 Å². The minimum absolute atomic E-state index is 0.0313. The highest BCUT2D eigenvalue weighted by Gasteiger charge is 2.32. The first-order chi connectivity index (χ1) is 11.4. The van der Waals surface area contributed by atoms with Crippen LogP contribution in [-0.4, -0.2) is 32.7 Å². The van der Waals surface area contributed by atoms with Crippen molar-refractivity contribution in [1.29, 1.82) is 0 Å². The molecule has 1 fully saturated rings. The Morgan fingerprint density at radius 1 is 1.33 bits per heavy atom. The van der Waals surface area contributed by atoms with Crippen LogP contribution in [0.4, 0.5) is 0 Å². The van der Waals surface area contributed by atoms with Crippen molar-refractivity contribution < 1.29 is 13.2 Å². The minimum atomic E-state index is -3.58. The van der Waals surface area contributed by atoms with Crippen LogP contribution in [-0.2, 0) is 14.8 Å². The van der Waals surface area contributed by atoms with Crippen molar-refractivity contribution in [2.75, 3.05) is 6.54 Å². The summed E-state index contributed by atoms with van der Waals surface area (Å²) in [6.07, 6.45) is 3.55. The van der Waals surface area contributed by atoms with Gasteiger partial charge in [-0.15, -0.1) is 0 Å². The van der Waals surface area contributed by atoms with Crippen molar-refractivity contribution in [3.63, 3.8) is 0 Å². The lowest BCUT2D eigenvalue weighted by molar-refractivity contribution is -0.123. The first kappa shape index (κ1) is 17.0. The second kappa shape index (κ2) is 6.55. The van der Waals surface area contributed by atoms with Crippen LogP contribution < -0.4 is 10.0 Å². The van der Waals surface area contributed by atoms with Crippen LogP contribution in [0.25, 0.3) is 0 Å². The van der Waals surface area contributed by atoms with E-state index in [1.165, 1.54) is 6.42 Å². The van der Waals surface area contributed by atoms with Gasteiger partial charge in [-0.1, -0.05) is 32.4 Å². The maximum absolute atomic E-state index is 12.5. The van der Waals surface area contributed by atoms with Crippen molar-refractivity contribution in [3.8, 4) is 0 Å². The third-order valence-corrected chi connectivity index (χ3v) is 6.02. The molecule has 1 aliphatic heterocycles. The highest BCUT2D eigenvalue weighted by Crippen LogP contribution is 2.26. The lowest BCUT2D eigenvalue weighted by Gasteiger charge is -2.26. The molecule has 24 heavy (non-hydrogen) atoms. The van der Waals surface area contributed by atoms with E-state index in [9.17, 15) is 13.2 Å². The Labute approximate surface area is 142 Å². The van der Waals surface area contributed by atoms with Gasteiger partial charge in [0.15, 0.2) is 0 Å². The van der Waals surface area contributed by atoms with Gasteiger partial charge in [0.2, 0.25) is 5.91 Å². The molecule has 0 bridgehead atoms. The molecule has 130 valence electrons. The maximum Gasteiger partial charge on any atom is 0.263 e. The summed E-state index contributed by atoms with van der Waals surface area (Å²) in [6.45, 7) is 4.50. The fourth-order valence-corrected chi connectivity index (χ4v) is 4.16. The molecule has 0 spiro atoms. The fraction of sp³-hybridized carbons (Fsp3) is 0.529. The number of benzene rings is 1. The molecule has 3 rings (SSSR count). The Morgan fingerprint density at radius 3 is 2.67 bits per heavy atom. The Balaban J connectivity index is 1.82. The number of carbonyl (C=O) groups excluding carboxylic acids is 1. The van der Waals surface area contributed by atoms with Crippen LogP contribution in [0.5, 0.6) is 0 Å². The fourth-order valence-electron chi connectivity index (χ4n) is 2.93. The Bertz CT molecular complexity index is 767. The normalized spacial score (nSPS) is 21.9. The molecular formula is C17H23N3O3S. The molecule has 0 aromatic heterocycles. The predicted molar refractivity (Wildman–Crippen MR) is 92.3 cm³/mol. The second-order valence-electron chi connectivity index (χ2n) is 6.81. The molecule has 1 heterocycles. The average Bonchev–Trinajstić information content (AvgIpc) is 2.74. The number of amidine groups is 1. The van der Waals surface area contributed by atoms with E-state index in [0.29, 0.717) is 18.0 Å². The number of hydrogen-bond donors (Lipinski definition) is 2. The van der Waals surface area contributed by atoms with Gasteiger partial charge < -0.3 is 5.32 Å². The molecule has 2 N–H and O–H groups in total. The van der Waals surface area contributed by atoms with Crippen LogP contribution >= 0.6 is 0 Å². The zero-order chi connectivity index (χ0) is 17.3. The number of carbonyl (C=O) groups is 1. The van der Waals surface area contributed by atoms with E-state index in [4.69, 9.17) is 0 Å². The molecule has 1 atom stereocenters. The molecule has 7 heteroatoms. The lowest BCUT2D eigenvalue weighted by atomic mass is 9.85. The van der Waals surface area contributed by atoms with E-state index in [-0.39, 0.29) is 22.6 Å². The summed E-state index contributed by atoms with van der Waals surface area (Å²) in [7, 11) is -3.58. The van der Waals surface area contributed by atoms with Gasteiger partial charge >= 0.3 is 0 Å². The van der Waals surface area contributed by atoms with Crippen molar-refractivity contribution >= 4 is 21.8 Å². The lowest BCUT2D eigenvalue weighted by Crippen LogP contribution is -2.41. The number of nitrogens with one attached hydrogen (secondary N) is 2. The number of amides is 1. The molecule has 1 aromatic carbocycles. The molecule has 1 saturated carbocycles. The zero-order valence-corrected chi connectivity index (χ0v) is 14.8. The summed E-state index contributed by atoms with van der Waals surface area (Å²) in [5.74, 6) is 0.646. The van der Waals surface area contributed by atoms with Gasteiger partial charge in [-0.05, 0) is 36.8 Å². The zero-order valence-electron chi connectivity index (χ0n) is 14.0. The number of sulfonamides is 1. The first-order valence-corrected chi connectivity index (χ1v) is 9.84. The van der Waals surface area contributed by atoms with Gasteiger partial charge in [0, 0.05) is 12.1 Å². The summed E-state index contributed by atoms with van der Waals surface area (Å²) in [6, 6.07) is 6.06. The van der Waals surface area contributed by atoms with Crippen molar-refractivity contribution in [2.24, 2.45) is 16.8 Å². The monoisotopic (exact) mass is 349 g/mol. The van der Waals surface area contributed by atoms with Crippen LogP contribution in [0.15, 0.2) is 34.2 Å². The van der Waals surface area contributed by atoms with Gasteiger partial charge in [-0.3, -0.25) is 14.5 Å². The highest BCUT2D eigenvalue weighted by molar-refractivity contribution is 7.90. The van der Waals surface area contributed by atoms with Gasteiger partial charge in [0.05, 0.1) is 4.90 Å². The van der Waals surface area contributed by atoms with Crippen molar-refractivity contribution in [2.45, 2.75) is 44.0 Å². The van der Waals surface area contributed by atoms with Gasteiger partial charge in [0.1, 0.15) is 11.9 Å². The summed E-state index contributed by atoms with van der Waals surface area (Å²) in [5.41, 5.74) is 0.523. The number of fused-ring (bicyclic) bond motifs is 1. The molecular weight excluding hydrogens is 326 g/mol. The maximum atomic E-state index is 12.5. The smallest absolute Gasteiger partial charge is 0.263 e. The van der Waals surface area contributed by atoms with E-state index in [1.54, 1.807) is 24.3 Å². The quantitative estimate of drug-likeness (QED) is 0.847. The van der Waals surface area contributed by atoms with E-state index in [2.05, 4.69) is 15.0 Å². The minimum Gasteiger partial charge on any atom is -0.354 e. The van der Waals surface area contributed by atoms with E-state index < -0.39 is 16.1 Å². The van der Waals surface area contributed by atoms with Crippen LogP contribution in [0.1, 0.15) is 38.7 Å². The third kappa shape index (κ3) is 3.31. The number of nitrogens with zero attached hydrogens (tertiary/aromatic N) is 1. The standard InChI is InChI=1S/C17H23N3O3S/c1-11(2)15(17(21)18-10-12-6-5-7-12)19-16-13-8-3-4-9-14(13)24(22,23)20-16/h3-4,8-9,11-12,15H,5-7,10H2,1-2H3,(H,18,21)(H,19,20)/t15-/m0/s1. The molecule has 0 saturated heterocycles. The Hall–Kier alpha value is -1.89. The Morgan fingerprint density at radius 2 is 2.04 bits per heavy atom. The third-order valence-electron chi connectivity index (χ3n) is 4.62. The largest absolute Gasteiger partial charge is 0.354 e. The molecule has 6 nitrogen and oxygen atoms in total. The predicted octanol–water partition coefficient (Wildman–Crippen LogP) is 1.67. The molecule has 0 unspecified atom stereocenters. The van der Waals surface area contributed by atoms with E-state index >= 15 is 0 Å². The first-order valence-electron chi connectivity index (χ1n) is 8.36. The van der Waals surface area contributed by atoms with Crippen LogP contribution in [0.3, 0.4) is 0 Å². The number of rotatable bonds is 5. The molecule has 1 aromatic rings. The molecule has 0 radical (unpaired) electrons. The SMILES string of the molecule is CC(C)[C@H](N=C1NS(=O)(=O)c2ccccc21)C(=O)NCC1CCC1. The van der Waals surface area contributed by atoms with Gasteiger partial charge in [-0.2, -0.15) is 0 Å². The van der Waals surface area contributed by atoms with Crippen molar-refractivity contribution in [1.82, 2.24) is 10.0 Å². The molecule has 1 aliphatic carbocycles. The van der Waals surface area contributed by atoms with Gasteiger partial charge in [0.25, 0.3) is 10.0 Å². The highest BCUT2D eigenvalue weighted by atomic mass is 32.2. The molecule has 1 amide bonds. The summed E-state index contributed by atoms with van der Waals surface area (Å²) in [4.78, 5) is 17.2. The average molecular weight is 349 g/mol. The summed E-state index contributed by atoms with van der Waals surface area (Å²) < 4.78 is 26.8. The number of aliphatic imine (C=N–C) groups is 1. The van der Waals surface area contributed by atoms with E-state index in [1.807, 2.05) is 13.8 Å².